The lowest BCUT2D eigenvalue weighted by Crippen LogP contribution is -2.55. The van der Waals surface area contributed by atoms with E-state index in [1.165, 1.54) is 13.2 Å². The van der Waals surface area contributed by atoms with Crippen LogP contribution in [0.25, 0.3) is 0 Å². The Labute approximate surface area is 243 Å². The van der Waals surface area contributed by atoms with Gasteiger partial charge in [-0.2, -0.15) is 5.10 Å². The molecule has 0 bridgehead atoms. The molecule has 1 aliphatic rings. The molecule has 2 atom stereocenters. The Morgan fingerprint density at radius 2 is 2.12 bits per heavy atom. The SMILES string of the molecule is C=CN(CC)C(/C=C\C/C(C)=N/NC/C=C\C(=C/C)C(=O)NC1CN(Cc2c(F)cccc2OC)CCC1O)=NC. The number of rotatable bonds is 14. The van der Waals surface area contributed by atoms with Crippen molar-refractivity contribution in [3.63, 3.8) is 0 Å². The number of nitrogens with zero attached hydrogens (tertiary/aromatic N) is 4. The number of nitrogens with one attached hydrogen (secondary N) is 2. The number of carbonyl (C=O) groups excluding carboxylic acids is 1. The number of aliphatic hydroxyl groups is 1. The van der Waals surface area contributed by atoms with Crippen molar-refractivity contribution in [2.24, 2.45) is 10.1 Å². The lowest BCUT2D eigenvalue weighted by molar-refractivity contribution is -0.119. The first kappa shape index (κ1) is 33.4. The number of piperidine rings is 1. The van der Waals surface area contributed by atoms with Crippen molar-refractivity contribution in [3.8, 4) is 5.75 Å². The Morgan fingerprint density at radius 3 is 2.78 bits per heavy atom. The quantitative estimate of drug-likeness (QED) is 0.0789. The van der Waals surface area contributed by atoms with Gasteiger partial charge in [0.25, 0.3) is 5.91 Å². The smallest absolute Gasteiger partial charge is 0.251 e. The maximum Gasteiger partial charge on any atom is 0.251 e. The number of ether oxygens (including phenoxy) is 1. The Kier molecular flexibility index (Phi) is 14.5. The minimum absolute atomic E-state index is 0.281. The standard InChI is InChI=1S/C31H45FN6O3/c1-7-24(14-12-19-34-36-23(4)13-10-17-30(33-5)38(8-2)9-3)31(40)35-27-22-37(20-18-28(27)39)21-25-26(32)15-11-16-29(25)41-6/h7-8,10-12,14-17,27-28,34,39H,2,9,13,18-22H2,1,3-6H3,(H,35,40)/b14-12-,17-10-,24-7+,33-30?,36-23+. The molecular formula is C31H45FN6O3. The number of allylic oxidation sites excluding steroid dienone is 2. The number of hydrazone groups is 1. The highest BCUT2D eigenvalue weighted by Crippen LogP contribution is 2.24. The number of aliphatic imine (C=N–C) groups is 1. The molecule has 1 saturated heterocycles. The highest BCUT2D eigenvalue weighted by atomic mass is 19.1. The lowest BCUT2D eigenvalue weighted by Gasteiger charge is -2.36. The number of benzene rings is 1. The summed E-state index contributed by atoms with van der Waals surface area (Å²) >= 11 is 0. The monoisotopic (exact) mass is 568 g/mol. The molecule has 0 saturated carbocycles. The highest BCUT2D eigenvalue weighted by Gasteiger charge is 2.30. The number of hydrogen-bond acceptors (Lipinski definition) is 7. The van der Waals surface area contributed by atoms with Crippen LogP contribution in [0, 0.1) is 5.82 Å². The van der Waals surface area contributed by atoms with Gasteiger partial charge in [-0.15, -0.1) is 0 Å². The number of methoxy groups -OCH3 is 1. The molecule has 1 heterocycles. The second-order valence-corrected chi connectivity index (χ2v) is 9.60. The first-order chi connectivity index (χ1) is 19.8. The third-order valence-corrected chi connectivity index (χ3v) is 6.77. The molecule has 224 valence electrons. The summed E-state index contributed by atoms with van der Waals surface area (Å²) in [5.74, 6) is 0.697. The largest absolute Gasteiger partial charge is 0.496 e. The third-order valence-electron chi connectivity index (χ3n) is 6.77. The number of carbonyl (C=O) groups is 1. The minimum atomic E-state index is -0.686. The van der Waals surface area contributed by atoms with E-state index in [0.29, 0.717) is 55.9 Å². The molecular weight excluding hydrogens is 523 g/mol. The van der Waals surface area contributed by atoms with Gasteiger partial charge in [0.15, 0.2) is 0 Å². The van der Waals surface area contributed by atoms with Crippen LogP contribution in [-0.4, -0.2) is 84.8 Å². The molecule has 1 fully saturated rings. The average molecular weight is 569 g/mol. The van der Waals surface area contributed by atoms with Gasteiger partial charge in [-0.3, -0.25) is 14.7 Å². The van der Waals surface area contributed by atoms with E-state index in [4.69, 9.17) is 4.74 Å². The highest BCUT2D eigenvalue weighted by molar-refractivity contribution is 5.96. The first-order valence-corrected chi connectivity index (χ1v) is 13.9. The molecule has 2 unspecified atom stereocenters. The predicted octanol–water partition coefficient (Wildman–Crippen LogP) is 3.79. The molecule has 1 aromatic rings. The third kappa shape index (κ3) is 10.6. The van der Waals surface area contributed by atoms with Crippen LogP contribution in [-0.2, 0) is 11.3 Å². The summed E-state index contributed by atoms with van der Waals surface area (Å²) in [6.07, 6.45) is 11.4. The van der Waals surface area contributed by atoms with Crippen molar-refractivity contribution in [2.45, 2.75) is 52.3 Å². The van der Waals surface area contributed by atoms with Gasteiger partial charge in [0.05, 0.1) is 25.8 Å². The molecule has 10 heteroatoms. The molecule has 0 spiro atoms. The van der Waals surface area contributed by atoms with E-state index in [9.17, 15) is 14.3 Å². The zero-order valence-electron chi connectivity index (χ0n) is 24.9. The van der Waals surface area contributed by atoms with Crippen molar-refractivity contribution >= 4 is 17.5 Å². The van der Waals surface area contributed by atoms with Crippen molar-refractivity contribution in [2.75, 3.05) is 40.3 Å². The van der Waals surface area contributed by atoms with Gasteiger partial charge in [-0.1, -0.05) is 36.9 Å². The van der Waals surface area contributed by atoms with Gasteiger partial charge in [-0.25, -0.2) is 4.39 Å². The van der Waals surface area contributed by atoms with Crippen LogP contribution in [0.2, 0.25) is 0 Å². The summed E-state index contributed by atoms with van der Waals surface area (Å²) in [5.41, 5.74) is 4.84. The van der Waals surface area contributed by atoms with Crippen LogP contribution in [0.4, 0.5) is 4.39 Å². The fraction of sp³-hybridized carbons (Fsp3) is 0.452. The summed E-state index contributed by atoms with van der Waals surface area (Å²) < 4.78 is 19.7. The number of aliphatic hydroxyl groups excluding tert-OH is 1. The number of hydrogen-bond donors (Lipinski definition) is 3. The Balaban J connectivity index is 1.87. The summed E-state index contributed by atoms with van der Waals surface area (Å²) in [5, 5.41) is 17.8. The van der Waals surface area contributed by atoms with Crippen LogP contribution < -0.4 is 15.5 Å². The minimum Gasteiger partial charge on any atom is -0.496 e. The summed E-state index contributed by atoms with van der Waals surface area (Å²) in [6, 6.07) is 4.26. The van der Waals surface area contributed by atoms with Crippen molar-refractivity contribution in [1.82, 2.24) is 20.5 Å². The fourth-order valence-corrected chi connectivity index (χ4v) is 4.44. The van der Waals surface area contributed by atoms with E-state index in [2.05, 4.69) is 27.4 Å². The van der Waals surface area contributed by atoms with Crippen molar-refractivity contribution in [3.05, 3.63) is 78.3 Å². The Hall–Kier alpha value is -3.76. The topological polar surface area (TPSA) is 102 Å². The maximum absolute atomic E-state index is 14.4. The van der Waals surface area contributed by atoms with E-state index in [1.807, 2.05) is 41.9 Å². The summed E-state index contributed by atoms with van der Waals surface area (Å²) in [6.45, 7) is 12.1. The number of likely N-dealkylation sites (tertiary alicyclic amines) is 1. The summed E-state index contributed by atoms with van der Waals surface area (Å²) in [4.78, 5) is 21.2. The molecule has 0 radical (unpaired) electrons. The maximum atomic E-state index is 14.4. The first-order valence-electron chi connectivity index (χ1n) is 13.9. The lowest BCUT2D eigenvalue weighted by atomic mass is 10.0. The zero-order chi connectivity index (χ0) is 30.2. The van der Waals surface area contributed by atoms with Gasteiger partial charge in [0.2, 0.25) is 0 Å². The van der Waals surface area contributed by atoms with Gasteiger partial charge in [0, 0.05) is 56.5 Å². The number of amides is 1. The van der Waals surface area contributed by atoms with Crippen LogP contribution >= 0.6 is 0 Å². The van der Waals surface area contributed by atoms with Crippen LogP contribution in [0.5, 0.6) is 5.75 Å². The average Bonchev–Trinajstić information content (AvgIpc) is 2.97. The summed E-state index contributed by atoms with van der Waals surface area (Å²) in [7, 11) is 3.26. The van der Waals surface area contributed by atoms with Crippen LogP contribution in [0.15, 0.2) is 77.0 Å². The molecule has 0 aromatic heterocycles. The van der Waals surface area contributed by atoms with E-state index in [1.54, 1.807) is 44.5 Å². The van der Waals surface area contributed by atoms with Gasteiger partial charge in [0.1, 0.15) is 17.4 Å². The van der Waals surface area contributed by atoms with E-state index >= 15 is 0 Å². The normalized spacial score (nSPS) is 19.0. The predicted molar refractivity (Wildman–Crippen MR) is 164 cm³/mol. The molecule has 1 amide bonds. The zero-order valence-corrected chi connectivity index (χ0v) is 24.9. The molecule has 9 nitrogen and oxygen atoms in total. The van der Waals surface area contributed by atoms with Crippen molar-refractivity contribution < 1.29 is 19.0 Å². The number of likely N-dealkylation sites (N-methyl/N-ethyl adjacent to an activating group) is 1. The van der Waals surface area contributed by atoms with Crippen LogP contribution in [0.3, 0.4) is 0 Å². The van der Waals surface area contributed by atoms with E-state index in [0.717, 1.165) is 18.1 Å². The van der Waals surface area contributed by atoms with Crippen molar-refractivity contribution in [1.29, 1.82) is 0 Å². The molecule has 41 heavy (non-hydrogen) atoms. The second kappa shape index (κ2) is 17.8. The molecule has 3 N–H and O–H groups in total. The molecule has 0 aliphatic carbocycles. The second-order valence-electron chi connectivity index (χ2n) is 9.60. The van der Waals surface area contributed by atoms with E-state index in [-0.39, 0.29) is 11.7 Å². The molecule has 1 aromatic carbocycles. The van der Waals surface area contributed by atoms with Crippen LogP contribution in [0.1, 0.15) is 39.2 Å². The fourth-order valence-electron chi connectivity index (χ4n) is 4.44. The van der Waals surface area contributed by atoms with Gasteiger partial charge < -0.3 is 25.5 Å². The van der Waals surface area contributed by atoms with Gasteiger partial charge >= 0.3 is 0 Å². The Bertz CT molecular complexity index is 1160. The number of amidine groups is 1. The number of halogens is 1. The Morgan fingerprint density at radius 1 is 1.34 bits per heavy atom. The molecule has 2 rings (SSSR count). The van der Waals surface area contributed by atoms with Gasteiger partial charge in [-0.05, 0) is 51.6 Å². The van der Waals surface area contributed by atoms with E-state index < -0.39 is 12.1 Å². The molecule has 1 aliphatic heterocycles.